The molecule has 1 fully saturated rings. The van der Waals surface area contributed by atoms with Gasteiger partial charge < -0.3 is 9.30 Å². The standard InChI is InChI=1S/C21H23N5O5S/c1-25-18-8-3-2-7-17(18)22-19(25)14-20(27)23-24-21(28)15-5-4-6-16(13-15)32(29,30)26-9-11-31-12-10-26/h2-8,13H,9-12,14H2,1H3,(H,23,27)(H,24,28). The van der Waals surface area contributed by atoms with Crippen LogP contribution in [-0.4, -0.2) is 60.4 Å². The Morgan fingerprint density at radius 3 is 2.56 bits per heavy atom. The van der Waals surface area contributed by atoms with Crippen LogP contribution < -0.4 is 10.9 Å². The van der Waals surface area contributed by atoms with Gasteiger partial charge in [0.05, 0.1) is 35.6 Å². The van der Waals surface area contributed by atoms with E-state index in [0.29, 0.717) is 19.0 Å². The number of hydrogen-bond acceptors (Lipinski definition) is 6. The highest BCUT2D eigenvalue weighted by Crippen LogP contribution is 2.18. The number of morpholine rings is 1. The lowest BCUT2D eigenvalue weighted by Gasteiger charge is -2.26. The molecule has 0 radical (unpaired) electrons. The minimum atomic E-state index is -3.73. The fourth-order valence-electron chi connectivity index (χ4n) is 3.47. The molecule has 2 heterocycles. The molecule has 0 bridgehead atoms. The van der Waals surface area contributed by atoms with E-state index in [-0.39, 0.29) is 30.0 Å². The van der Waals surface area contributed by atoms with E-state index in [1.54, 1.807) is 0 Å². The zero-order chi connectivity index (χ0) is 22.7. The lowest BCUT2D eigenvalue weighted by molar-refractivity contribution is -0.121. The summed E-state index contributed by atoms with van der Waals surface area (Å²) in [6.07, 6.45) is -0.0308. The van der Waals surface area contributed by atoms with Crippen LogP contribution in [0.4, 0.5) is 0 Å². The quantitative estimate of drug-likeness (QED) is 0.541. The van der Waals surface area contributed by atoms with Crippen LogP contribution in [0, 0.1) is 0 Å². The van der Waals surface area contributed by atoms with Crippen molar-refractivity contribution in [3.05, 3.63) is 59.9 Å². The third kappa shape index (κ3) is 4.49. The number of aromatic nitrogens is 2. The van der Waals surface area contributed by atoms with E-state index in [4.69, 9.17) is 4.74 Å². The highest BCUT2D eigenvalue weighted by molar-refractivity contribution is 7.89. The number of hydrogen-bond donors (Lipinski definition) is 2. The maximum absolute atomic E-state index is 12.8. The third-order valence-corrected chi connectivity index (χ3v) is 7.11. The molecule has 168 valence electrons. The van der Waals surface area contributed by atoms with Gasteiger partial charge in [-0.05, 0) is 30.3 Å². The molecule has 2 N–H and O–H groups in total. The number of sulfonamides is 1. The number of rotatable bonds is 5. The number of nitrogens with one attached hydrogen (secondary N) is 2. The lowest BCUT2D eigenvalue weighted by Crippen LogP contribution is -2.43. The zero-order valence-electron chi connectivity index (χ0n) is 17.4. The average molecular weight is 458 g/mol. The van der Waals surface area contributed by atoms with Crippen molar-refractivity contribution >= 4 is 32.9 Å². The molecular weight excluding hydrogens is 434 g/mol. The number of carbonyl (C=O) groups is 2. The van der Waals surface area contributed by atoms with E-state index in [2.05, 4.69) is 15.8 Å². The molecule has 2 amide bonds. The number of fused-ring (bicyclic) bond motifs is 1. The van der Waals surface area contributed by atoms with Crippen molar-refractivity contribution in [3.8, 4) is 0 Å². The Morgan fingerprint density at radius 2 is 1.81 bits per heavy atom. The monoisotopic (exact) mass is 457 g/mol. The van der Waals surface area contributed by atoms with E-state index < -0.39 is 21.8 Å². The second kappa shape index (κ2) is 9.07. The van der Waals surface area contributed by atoms with Crippen LogP contribution in [0.2, 0.25) is 0 Å². The van der Waals surface area contributed by atoms with Crippen molar-refractivity contribution in [1.82, 2.24) is 24.7 Å². The summed E-state index contributed by atoms with van der Waals surface area (Å²) in [5.74, 6) is -0.521. The second-order valence-corrected chi connectivity index (χ2v) is 9.24. The molecule has 0 atom stereocenters. The number of imidazole rings is 1. The van der Waals surface area contributed by atoms with Gasteiger partial charge in [-0.25, -0.2) is 13.4 Å². The fraction of sp³-hybridized carbons (Fsp3) is 0.286. The average Bonchev–Trinajstić information content (AvgIpc) is 3.13. The van der Waals surface area contributed by atoms with Crippen LogP contribution in [0.25, 0.3) is 11.0 Å². The predicted octanol–water partition coefficient (Wildman–Crippen LogP) is 0.598. The first-order chi connectivity index (χ1) is 15.4. The second-order valence-electron chi connectivity index (χ2n) is 7.30. The SMILES string of the molecule is Cn1c(CC(=O)NNC(=O)c2cccc(S(=O)(=O)N3CCOCC3)c2)nc2ccccc21. The van der Waals surface area contributed by atoms with Gasteiger partial charge in [-0.15, -0.1) is 0 Å². The van der Waals surface area contributed by atoms with E-state index in [9.17, 15) is 18.0 Å². The predicted molar refractivity (Wildman–Crippen MR) is 116 cm³/mol. The zero-order valence-corrected chi connectivity index (χ0v) is 18.3. The molecule has 0 saturated carbocycles. The maximum atomic E-state index is 12.8. The molecule has 4 rings (SSSR count). The Bertz CT molecular complexity index is 1260. The molecule has 10 nitrogen and oxygen atoms in total. The number of amides is 2. The van der Waals surface area contributed by atoms with Crippen LogP contribution in [0.15, 0.2) is 53.4 Å². The summed E-state index contributed by atoms with van der Waals surface area (Å²) in [6, 6.07) is 13.2. The topological polar surface area (TPSA) is 123 Å². The number of nitrogens with zero attached hydrogens (tertiary/aromatic N) is 3. The van der Waals surface area contributed by atoms with Gasteiger partial charge in [0.1, 0.15) is 5.82 Å². The van der Waals surface area contributed by atoms with Crippen molar-refractivity contribution in [1.29, 1.82) is 0 Å². The van der Waals surface area contributed by atoms with E-state index in [1.165, 1.54) is 28.6 Å². The Hall–Kier alpha value is -3.28. The van der Waals surface area contributed by atoms with Crippen LogP contribution in [0.1, 0.15) is 16.2 Å². The Kier molecular flexibility index (Phi) is 6.21. The maximum Gasteiger partial charge on any atom is 0.269 e. The van der Waals surface area contributed by atoms with Crippen LogP contribution in [0.3, 0.4) is 0 Å². The molecule has 1 aromatic heterocycles. The van der Waals surface area contributed by atoms with Crippen LogP contribution in [0.5, 0.6) is 0 Å². The molecule has 11 heteroatoms. The smallest absolute Gasteiger partial charge is 0.269 e. The molecule has 0 spiro atoms. The van der Waals surface area contributed by atoms with E-state index >= 15 is 0 Å². The first kappa shape index (κ1) is 21.9. The molecule has 0 aliphatic carbocycles. The molecular formula is C21H23N5O5S. The summed E-state index contributed by atoms with van der Waals surface area (Å²) in [4.78, 5) is 29.2. The summed E-state index contributed by atoms with van der Waals surface area (Å²) in [7, 11) is -1.92. The molecule has 0 unspecified atom stereocenters. The van der Waals surface area contributed by atoms with Gasteiger partial charge >= 0.3 is 0 Å². The van der Waals surface area contributed by atoms with Crippen LogP contribution in [-0.2, 0) is 33.0 Å². The molecule has 1 aliphatic heterocycles. The van der Waals surface area contributed by atoms with E-state index in [1.807, 2.05) is 35.9 Å². The summed E-state index contributed by atoms with van der Waals surface area (Å²) in [5, 5.41) is 0. The summed E-state index contributed by atoms with van der Waals surface area (Å²) in [6.45, 7) is 1.18. The first-order valence-corrected chi connectivity index (χ1v) is 11.5. The summed E-state index contributed by atoms with van der Waals surface area (Å²) < 4.78 is 33.9. The summed E-state index contributed by atoms with van der Waals surface area (Å²) >= 11 is 0. The lowest BCUT2D eigenvalue weighted by atomic mass is 10.2. The van der Waals surface area contributed by atoms with Crippen molar-refractivity contribution in [2.75, 3.05) is 26.3 Å². The number of carbonyl (C=O) groups excluding carboxylic acids is 2. The van der Waals surface area contributed by atoms with Gasteiger partial charge in [0.2, 0.25) is 15.9 Å². The third-order valence-electron chi connectivity index (χ3n) is 5.22. The molecule has 2 aromatic carbocycles. The Balaban J connectivity index is 1.40. The number of hydrazine groups is 1. The largest absolute Gasteiger partial charge is 0.379 e. The van der Waals surface area contributed by atoms with Crippen LogP contribution >= 0.6 is 0 Å². The minimum Gasteiger partial charge on any atom is -0.379 e. The van der Waals surface area contributed by atoms with Crippen molar-refractivity contribution in [2.45, 2.75) is 11.3 Å². The number of para-hydroxylation sites is 2. The van der Waals surface area contributed by atoms with E-state index in [0.717, 1.165) is 11.0 Å². The number of ether oxygens (including phenoxy) is 1. The normalized spacial score (nSPS) is 14.9. The van der Waals surface area contributed by atoms with Gasteiger partial charge in [-0.3, -0.25) is 20.4 Å². The molecule has 32 heavy (non-hydrogen) atoms. The number of benzene rings is 2. The molecule has 1 saturated heterocycles. The van der Waals surface area contributed by atoms with Crippen molar-refractivity contribution < 1.29 is 22.7 Å². The van der Waals surface area contributed by atoms with Gasteiger partial charge in [0.25, 0.3) is 5.91 Å². The minimum absolute atomic E-state index is 0.0121. The molecule has 3 aromatic rings. The Morgan fingerprint density at radius 1 is 1.06 bits per heavy atom. The first-order valence-electron chi connectivity index (χ1n) is 10.0. The van der Waals surface area contributed by atoms with Gasteiger partial charge in [-0.1, -0.05) is 18.2 Å². The fourth-order valence-corrected chi connectivity index (χ4v) is 4.93. The summed E-state index contributed by atoms with van der Waals surface area (Å²) in [5.41, 5.74) is 6.47. The number of aryl methyl sites for hydroxylation is 1. The molecule has 1 aliphatic rings. The Labute approximate surface area is 185 Å². The van der Waals surface area contributed by atoms with Gasteiger partial charge in [0.15, 0.2) is 0 Å². The van der Waals surface area contributed by atoms with Gasteiger partial charge in [-0.2, -0.15) is 4.31 Å². The highest BCUT2D eigenvalue weighted by Gasteiger charge is 2.27. The van der Waals surface area contributed by atoms with Crippen molar-refractivity contribution in [3.63, 3.8) is 0 Å². The van der Waals surface area contributed by atoms with Gasteiger partial charge in [0, 0.05) is 25.7 Å². The van der Waals surface area contributed by atoms with Crippen molar-refractivity contribution in [2.24, 2.45) is 7.05 Å². The highest BCUT2D eigenvalue weighted by atomic mass is 32.2.